The van der Waals surface area contributed by atoms with Crippen molar-refractivity contribution in [1.82, 2.24) is 0 Å². The predicted octanol–water partition coefficient (Wildman–Crippen LogP) is 4.63. The molecule has 1 nitrogen and oxygen atoms in total. The van der Waals surface area contributed by atoms with Crippen molar-refractivity contribution >= 4 is 5.69 Å². The normalized spacial score (nSPS) is 18.6. The van der Waals surface area contributed by atoms with Crippen molar-refractivity contribution in [3.05, 3.63) is 43.0 Å². The van der Waals surface area contributed by atoms with Crippen molar-refractivity contribution in [2.45, 2.75) is 38.5 Å². The Balaban J connectivity index is 1.95. The predicted molar refractivity (Wildman–Crippen MR) is 75.3 cm³/mol. The van der Waals surface area contributed by atoms with Crippen LogP contribution in [0.3, 0.4) is 0 Å². The molecule has 0 heterocycles. The summed E-state index contributed by atoms with van der Waals surface area (Å²) < 4.78 is 0. The summed E-state index contributed by atoms with van der Waals surface area (Å²) in [5, 5.41) is 3.59. The Labute approximate surface area is 105 Å². The van der Waals surface area contributed by atoms with Crippen molar-refractivity contribution < 1.29 is 0 Å². The Morgan fingerprint density at radius 2 is 1.82 bits per heavy atom. The third kappa shape index (κ3) is 3.36. The standard InChI is InChI=1S/C16H23N/c1-2-11-16(12-7-4-8-13-16)14-17-15-9-5-3-6-10-15/h2-3,5-6,9-10,17H,1,4,7-8,11-14H2. The molecule has 0 aromatic heterocycles. The van der Waals surface area contributed by atoms with Crippen LogP contribution in [0.15, 0.2) is 43.0 Å². The van der Waals surface area contributed by atoms with Gasteiger partial charge in [-0.05, 0) is 36.8 Å². The molecule has 0 unspecified atom stereocenters. The average molecular weight is 229 g/mol. The lowest BCUT2D eigenvalue weighted by atomic mass is 9.72. The minimum atomic E-state index is 0.454. The molecular weight excluding hydrogens is 206 g/mol. The maximum atomic E-state index is 3.93. The van der Waals surface area contributed by atoms with Crippen LogP contribution in [0, 0.1) is 5.41 Å². The molecule has 1 heteroatoms. The smallest absolute Gasteiger partial charge is 0.0340 e. The van der Waals surface area contributed by atoms with Gasteiger partial charge in [-0.2, -0.15) is 0 Å². The van der Waals surface area contributed by atoms with Crippen molar-refractivity contribution in [2.75, 3.05) is 11.9 Å². The molecule has 92 valence electrons. The van der Waals surface area contributed by atoms with Crippen LogP contribution in [-0.2, 0) is 0 Å². The van der Waals surface area contributed by atoms with Crippen LogP contribution in [0.1, 0.15) is 38.5 Å². The van der Waals surface area contributed by atoms with E-state index >= 15 is 0 Å². The fourth-order valence-electron chi connectivity index (χ4n) is 2.91. The number of hydrogen-bond acceptors (Lipinski definition) is 1. The van der Waals surface area contributed by atoms with Gasteiger partial charge in [0, 0.05) is 12.2 Å². The Morgan fingerprint density at radius 3 is 2.47 bits per heavy atom. The van der Waals surface area contributed by atoms with Crippen molar-refractivity contribution in [2.24, 2.45) is 5.41 Å². The van der Waals surface area contributed by atoms with Gasteiger partial charge in [-0.25, -0.2) is 0 Å². The van der Waals surface area contributed by atoms with Crippen LogP contribution in [0.25, 0.3) is 0 Å². The number of allylic oxidation sites excluding steroid dienone is 1. The van der Waals surface area contributed by atoms with Crippen LogP contribution in [0.5, 0.6) is 0 Å². The highest BCUT2D eigenvalue weighted by molar-refractivity contribution is 5.42. The number of hydrogen-bond donors (Lipinski definition) is 1. The number of benzene rings is 1. The maximum absolute atomic E-state index is 3.93. The summed E-state index contributed by atoms with van der Waals surface area (Å²) in [6.45, 7) is 5.01. The van der Waals surface area contributed by atoms with Crippen LogP contribution >= 0.6 is 0 Å². The molecule has 17 heavy (non-hydrogen) atoms. The Bertz CT molecular complexity index is 336. The summed E-state index contributed by atoms with van der Waals surface area (Å²) >= 11 is 0. The molecule has 1 aromatic carbocycles. The van der Waals surface area contributed by atoms with Crippen molar-refractivity contribution in [1.29, 1.82) is 0 Å². The van der Waals surface area contributed by atoms with Gasteiger partial charge in [-0.1, -0.05) is 43.5 Å². The molecule has 0 atom stereocenters. The van der Waals surface area contributed by atoms with Crippen molar-refractivity contribution in [3.8, 4) is 0 Å². The van der Waals surface area contributed by atoms with E-state index in [1.54, 1.807) is 0 Å². The minimum absolute atomic E-state index is 0.454. The van der Waals surface area contributed by atoms with E-state index in [2.05, 4.69) is 48.3 Å². The molecule has 1 N–H and O–H groups in total. The lowest BCUT2D eigenvalue weighted by Gasteiger charge is -2.37. The molecular formula is C16H23N. The van der Waals surface area contributed by atoms with Gasteiger partial charge in [-0.15, -0.1) is 6.58 Å². The highest BCUT2D eigenvalue weighted by atomic mass is 14.9. The second-order valence-corrected chi connectivity index (χ2v) is 5.27. The molecule has 0 spiro atoms. The van der Waals surface area contributed by atoms with Crippen LogP contribution in [0.2, 0.25) is 0 Å². The van der Waals surface area contributed by atoms with E-state index in [4.69, 9.17) is 0 Å². The second kappa shape index (κ2) is 5.90. The molecule has 1 fully saturated rings. The quantitative estimate of drug-likeness (QED) is 0.726. The van der Waals surface area contributed by atoms with Gasteiger partial charge >= 0.3 is 0 Å². The summed E-state index contributed by atoms with van der Waals surface area (Å²) in [6, 6.07) is 10.5. The van der Waals surface area contributed by atoms with E-state index in [0.29, 0.717) is 5.41 Å². The number of anilines is 1. The molecule has 1 aliphatic rings. The lowest BCUT2D eigenvalue weighted by molar-refractivity contribution is 0.208. The first-order valence-electron chi connectivity index (χ1n) is 6.74. The van der Waals surface area contributed by atoms with Crippen molar-refractivity contribution in [3.63, 3.8) is 0 Å². The Kier molecular flexibility index (Phi) is 4.24. The molecule has 0 radical (unpaired) electrons. The molecule has 0 bridgehead atoms. The molecule has 1 aliphatic carbocycles. The first-order chi connectivity index (χ1) is 8.35. The highest BCUT2D eigenvalue weighted by Crippen LogP contribution is 2.39. The molecule has 2 rings (SSSR count). The van der Waals surface area contributed by atoms with E-state index in [0.717, 1.165) is 13.0 Å². The third-order valence-corrected chi connectivity index (χ3v) is 3.93. The van der Waals surface area contributed by atoms with Gasteiger partial charge in [0.2, 0.25) is 0 Å². The highest BCUT2D eigenvalue weighted by Gasteiger charge is 2.30. The van der Waals surface area contributed by atoms with Crippen LogP contribution in [0.4, 0.5) is 5.69 Å². The monoisotopic (exact) mass is 229 g/mol. The zero-order chi connectivity index (χ0) is 12.0. The molecule has 0 amide bonds. The summed E-state index contributed by atoms with van der Waals surface area (Å²) in [6.07, 6.45) is 10.1. The molecule has 0 saturated heterocycles. The summed E-state index contributed by atoms with van der Waals surface area (Å²) in [5.41, 5.74) is 1.69. The van der Waals surface area contributed by atoms with Gasteiger partial charge in [0.1, 0.15) is 0 Å². The van der Waals surface area contributed by atoms with E-state index in [9.17, 15) is 0 Å². The fourth-order valence-corrected chi connectivity index (χ4v) is 2.91. The number of rotatable bonds is 5. The van der Waals surface area contributed by atoms with Gasteiger partial charge < -0.3 is 5.32 Å². The zero-order valence-electron chi connectivity index (χ0n) is 10.6. The lowest BCUT2D eigenvalue weighted by Crippen LogP contribution is -2.31. The first kappa shape index (κ1) is 12.2. The average Bonchev–Trinajstić information content (AvgIpc) is 2.39. The van der Waals surface area contributed by atoms with E-state index < -0.39 is 0 Å². The molecule has 1 aromatic rings. The number of para-hydroxylation sites is 1. The third-order valence-electron chi connectivity index (χ3n) is 3.93. The largest absolute Gasteiger partial charge is 0.384 e. The Hall–Kier alpha value is -1.24. The van der Waals surface area contributed by atoms with E-state index in [1.807, 2.05) is 0 Å². The first-order valence-corrected chi connectivity index (χ1v) is 6.74. The fraction of sp³-hybridized carbons (Fsp3) is 0.500. The zero-order valence-corrected chi connectivity index (χ0v) is 10.6. The van der Waals surface area contributed by atoms with E-state index in [-0.39, 0.29) is 0 Å². The van der Waals surface area contributed by atoms with Crippen LogP contribution in [-0.4, -0.2) is 6.54 Å². The maximum Gasteiger partial charge on any atom is 0.0340 e. The van der Waals surface area contributed by atoms with E-state index in [1.165, 1.54) is 37.8 Å². The minimum Gasteiger partial charge on any atom is -0.384 e. The molecule has 1 saturated carbocycles. The second-order valence-electron chi connectivity index (χ2n) is 5.27. The SMILES string of the molecule is C=CCC1(CNc2ccccc2)CCCCC1. The Morgan fingerprint density at radius 1 is 1.12 bits per heavy atom. The van der Waals surface area contributed by atoms with Gasteiger partial charge in [0.05, 0.1) is 0 Å². The number of nitrogens with one attached hydrogen (secondary N) is 1. The summed E-state index contributed by atoms with van der Waals surface area (Å²) in [4.78, 5) is 0. The van der Waals surface area contributed by atoms with Gasteiger partial charge in [0.15, 0.2) is 0 Å². The molecule has 0 aliphatic heterocycles. The summed E-state index contributed by atoms with van der Waals surface area (Å²) in [7, 11) is 0. The van der Waals surface area contributed by atoms with Crippen LogP contribution < -0.4 is 5.32 Å². The summed E-state index contributed by atoms with van der Waals surface area (Å²) in [5.74, 6) is 0. The van der Waals surface area contributed by atoms with Gasteiger partial charge in [-0.3, -0.25) is 0 Å². The van der Waals surface area contributed by atoms with Gasteiger partial charge in [0.25, 0.3) is 0 Å². The topological polar surface area (TPSA) is 12.0 Å².